The lowest BCUT2D eigenvalue weighted by Crippen LogP contribution is -2.13. The van der Waals surface area contributed by atoms with Crippen LogP contribution in [0.2, 0.25) is 5.02 Å². The molecule has 1 saturated carbocycles. The van der Waals surface area contributed by atoms with E-state index in [1.54, 1.807) is 6.07 Å². The van der Waals surface area contributed by atoms with Gasteiger partial charge >= 0.3 is 0 Å². The Bertz CT molecular complexity index is 378. The number of halogens is 3. The lowest BCUT2D eigenvalue weighted by molar-refractivity contribution is 0.419. The summed E-state index contributed by atoms with van der Waals surface area (Å²) in [6, 6.07) is 4.56. The molecule has 88 valence electrons. The number of hydrogen-bond acceptors (Lipinski definition) is 0. The topological polar surface area (TPSA) is 0 Å². The average Bonchev–Trinajstić information content (AvgIpc) is 2.55. The summed E-state index contributed by atoms with van der Waals surface area (Å²) >= 11 is 12.2. The molecular formula is C13H15Cl2F. The first-order valence-corrected chi connectivity index (χ1v) is 6.47. The molecule has 3 unspecified atom stereocenters. The van der Waals surface area contributed by atoms with Crippen molar-refractivity contribution in [2.45, 2.75) is 31.6 Å². The quantitative estimate of drug-likeness (QED) is 0.678. The van der Waals surface area contributed by atoms with Gasteiger partial charge in [-0.15, -0.1) is 11.6 Å². The van der Waals surface area contributed by atoms with Crippen LogP contribution in [0.25, 0.3) is 0 Å². The maximum absolute atomic E-state index is 13.1. The van der Waals surface area contributed by atoms with Crippen LogP contribution in [0.15, 0.2) is 18.2 Å². The van der Waals surface area contributed by atoms with Gasteiger partial charge in [0, 0.05) is 10.4 Å². The van der Waals surface area contributed by atoms with Crippen LogP contribution in [0, 0.1) is 17.7 Å². The highest BCUT2D eigenvalue weighted by Gasteiger charge is 2.31. The van der Waals surface area contributed by atoms with Gasteiger partial charge in [-0.25, -0.2) is 4.39 Å². The van der Waals surface area contributed by atoms with Crippen molar-refractivity contribution in [2.24, 2.45) is 11.8 Å². The lowest BCUT2D eigenvalue weighted by Gasteiger charge is -2.17. The average molecular weight is 261 g/mol. The van der Waals surface area contributed by atoms with E-state index in [1.165, 1.54) is 12.1 Å². The molecule has 0 aliphatic heterocycles. The maximum Gasteiger partial charge on any atom is 0.123 e. The summed E-state index contributed by atoms with van der Waals surface area (Å²) in [5.41, 5.74) is 0.907. The first-order valence-electron chi connectivity index (χ1n) is 5.66. The highest BCUT2D eigenvalue weighted by atomic mass is 35.5. The third kappa shape index (κ3) is 2.52. The van der Waals surface area contributed by atoms with E-state index in [2.05, 4.69) is 6.92 Å². The molecule has 1 aliphatic carbocycles. The van der Waals surface area contributed by atoms with Gasteiger partial charge < -0.3 is 0 Å². The monoisotopic (exact) mass is 260 g/mol. The van der Waals surface area contributed by atoms with Crippen molar-refractivity contribution in [3.8, 4) is 0 Å². The van der Waals surface area contributed by atoms with Crippen LogP contribution in [0.1, 0.15) is 25.3 Å². The zero-order valence-electron chi connectivity index (χ0n) is 9.22. The van der Waals surface area contributed by atoms with E-state index in [1.807, 2.05) is 0 Å². The molecule has 0 aromatic heterocycles. The van der Waals surface area contributed by atoms with Crippen LogP contribution in [-0.2, 0) is 6.42 Å². The SMILES string of the molecule is CC1C(Cl)CCC1Cc1cc(F)ccc1Cl. The van der Waals surface area contributed by atoms with Gasteiger partial charge in [-0.05, 0) is 54.9 Å². The molecule has 1 aromatic rings. The minimum atomic E-state index is -0.215. The van der Waals surface area contributed by atoms with Crippen LogP contribution >= 0.6 is 23.2 Å². The van der Waals surface area contributed by atoms with Gasteiger partial charge in [0.05, 0.1) is 0 Å². The first-order chi connectivity index (χ1) is 7.58. The molecule has 0 bridgehead atoms. The van der Waals surface area contributed by atoms with Crippen molar-refractivity contribution in [3.63, 3.8) is 0 Å². The van der Waals surface area contributed by atoms with Gasteiger partial charge in [0.25, 0.3) is 0 Å². The Morgan fingerprint density at radius 3 is 2.75 bits per heavy atom. The second-order valence-corrected chi connectivity index (χ2v) is 5.62. The highest BCUT2D eigenvalue weighted by molar-refractivity contribution is 6.31. The van der Waals surface area contributed by atoms with E-state index >= 15 is 0 Å². The van der Waals surface area contributed by atoms with Crippen molar-refractivity contribution in [3.05, 3.63) is 34.6 Å². The summed E-state index contributed by atoms with van der Waals surface area (Å²) in [6.07, 6.45) is 3.00. The van der Waals surface area contributed by atoms with E-state index in [4.69, 9.17) is 23.2 Å². The van der Waals surface area contributed by atoms with Crippen LogP contribution in [0.4, 0.5) is 4.39 Å². The van der Waals surface area contributed by atoms with Crippen molar-refractivity contribution in [1.82, 2.24) is 0 Å². The normalized spacial score (nSPS) is 29.6. The van der Waals surface area contributed by atoms with Crippen LogP contribution in [0.5, 0.6) is 0 Å². The molecule has 1 aromatic carbocycles. The highest BCUT2D eigenvalue weighted by Crippen LogP contribution is 2.38. The van der Waals surface area contributed by atoms with Crippen molar-refractivity contribution >= 4 is 23.2 Å². The van der Waals surface area contributed by atoms with Gasteiger partial charge in [-0.2, -0.15) is 0 Å². The predicted molar refractivity (Wildman–Crippen MR) is 66.6 cm³/mol. The fourth-order valence-electron chi connectivity index (χ4n) is 2.46. The Morgan fingerprint density at radius 2 is 2.12 bits per heavy atom. The zero-order valence-corrected chi connectivity index (χ0v) is 10.7. The van der Waals surface area contributed by atoms with Crippen LogP contribution < -0.4 is 0 Å². The third-order valence-corrected chi connectivity index (χ3v) is 4.60. The van der Waals surface area contributed by atoms with E-state index < -0.39 is 0 Å². The van der Waals surface area contributed by atoms with Crippen molar-refractivity contribution < 1.29 is 4.39 Å². The fraction of sp³-hybridized carbons (Fsp3) is 0.538. The van der Waals surface area contributed by atoms with Crippen LogP contribution in [-0.4, -0.2) is 5.38 Å². The molecule has 0 heterocycles. The standard InChI is InChI=1S/C13H15Cl2F/c1-8-9(2-4-12(8)14)6-10-7-11(16)3-5-13(10)15/h3,5,7-9,12H,2,4,6H2,1H3. The molecule has 0 amide bonds. The molecule has 0 N–H and O–H groups in total. The predicted octanol–water partition coefficient (Wildman–Crippen LogP) is 4.68. The summed E-state index contributed by atoms with van der Waals surface area (Å²) in [5.74, 6) is 0.801. The van der Waals surface area contributed by atoms with E-state index in [0.29, 0.717) is 16.9 Å². The fourth-order valence-corrected chi connectivity index (χ4v) is 2.99. The molecule has 0 spiro atoms. The van der Waals surface area contributed by atoms with E-state index in [0.717, 1.165) is 24.8 Å². The molecular weight excluding hydrogens is 246 g/mol. The number of alkyl halides is 1. The molecule has 1 fully saturated rings. The summed E-state index contributed by atoms with van der Waals surface area (Å²) in [4.78, 5) is 0. The molecule has 3 atom stereocenters. The lowest BCUT2D eigenvalue weighted by atomic mass is 9.91. The van der Waals surface area contributed by atoms with Gasteiger partial charge in [0.2, 0.25) is 0 Å². The molecule has 1 aliphatic rings. The Morgan fingerprint density at radius 1 is 1.38 bits per heavy atom. The Labute approximate surface area is 106 Å². The molecule has 0 nitrogen and oxygen atoms in total. The van der Waals surface area contributed by atoms with Crippen molar-refractivity contribution in [2.75, 3.05) is 0 Å². The smallest absolute Gasteiger partial charge is 0.123 e. The Kier molecular flexibility index (Phi) is 3.76. The van der Waals surface area contributed by atoms with Gasteiger partial charge in [0.15, 0.2) is 0 Å². The number of rotatable bonds is 2. The zero-order chi connectivity index (χ0) is 11.7. The van der Waals surface area contributed by atoms with Crippen molar-refractivity contribution in [1.29, 1.82) is 0 Å². The largest absolute Gasteiger partial charge is 0.207 e. The van der Waals surface area contributed by atoms with Gasteiger partial charge in [-0.3, -0.25) is 0 Å². The van der Waals surface area contributed by atoms with Gasteiger partial charge in [0.1, 0.15) is 5.82 Å². The Balaban J connectivity index is 2.12. The first kappa shape index (κ1) is 12.2. The Hall–Kier alpha value is -0.270. The second-order valence-electron chi connectivity index (χ2n) is 4.65. The summed E-state index contributed by atoms with van der Waals surface area (Å²) in [7, 11) is 0. The molecule has 0 saturated heterocycles. The molecule has 0 radical (unpaired) electrons. The van der Waals surface area contributed by atoms with E-state index in [9.17, 15) is 4.39 Å². The van der Waals surface area contributed by atoms with Gasteiger partial charge in [-0.1, -0.05) is 18.5 Å². The minimum Gasteiger partial charge on any atom is -0.207 e. The summed E-state index contributed by atoms with van der Waals surface area (Å²) in [6.45, 7) is 2.17. The second kappa shape index (κ2) is 4.93. The van der Waals surface area contributed by atoms with Crippen LogP contribution in [0.3, 0.4) is 0 Å². The minimum absolute atomic E-state index is 0.215. The molecule has 2 rings (SSSR count). The molecule has 16 heavy (non-hydrogen) atoms. The maximum atomic E-state index is 13.1. The number of hydrogen-bond donors (Lipinski definition) is 0. The van der Waals surface area contributed by atoms with E-state index in [-0.39, 0.29) is 11.2 Å². The number of benzene rings is 1. The summed E-state index contributed by atoms with van der Waals surface area (Å²) in [5, 5.41) is 0.920. The summed E-state index contributed by atoms with van der Waals surface area (Å²) < 4.78 is 13.1. The molecule has 3 heteroatoms. The third-order valence-electron chi connectivity index (χ3n) is 3.62.